The molecule has 29 heavy (non-hydrogen) atoms. The van der Waals surface area contributed by atoms with E-state index in [0.29, 0.717) is 38.0 Å². The first kappa shape index (κ1) is 21.7. The number of benzene rings is 1. The molecule has 1 N–H and O–H groups in total. The zero-order valence-electron chi connectivity index (χ0n) is 16.9. The topological polar surface area (TPSA) is 49.4 Å². The molecule has 1 aromatic rings. The molecule has 1 aromatic carbocycles. The van der Waals surface area contributed by atoms with Gasteiger partial charge in [-0.1, -0.05) is 38.0 Å². The van der Waals surface area contributed by atoms with Crippen molar-refractivity contribution in [3.05, 3.63) is 35.4 Å². The summed E-state index contributed by atoms with van der Waals surface area (Å²) >= 11 is 0. The first-order chi connectivity index (χ1) is 13.8. The zero-order chi connectivity index (χ0) is 21.1. The lowest BCUT2D eigenvalue weighted by molar-refractivity contribution is -0.142. The second-order valence-corrected chi connectivity index (χ2v) is 8.25. The number of piperidine rings is 1. The Balaban J connectivity index is 1.84. The van der Waals surface area contributed by atoms with Crippen LogP contribution in [0.3, 0.4) is 0 Å². The molecule has 1 unspecified atom stereocenters. The highest BCUT2D eigenvalue weighted by molar-refractivity contribution is 5.89. The summed E-state index contributed by atoms with van der Waals surface area (Å²) < 4.78 is 39.7. The largest absolute Gasteiger partial charge is 0.416 e. The van der Waals surface area contributed by atoms with Gasteiger partial charge < -0.3 is 10.2 Å². The number of carbonyl (C=O) groups excluding carboxylic acids is 2. The number of alkyl halides is 3. The maximum absolute atomic E-state index is 13.6. The molecular weight excluding hydrogens is 381 g/mol. The lowest BCUT2D eigenvalue weighted by Gasteiger charge is -2.39. The van der Waals surface area contributed by atoms with Crippen LogP contribution >= 0.6 is 0 Å². The van der Waals surface area contributed by atoms with Gasteiger partial charge >= 0.3 is 6.18 Å². The lowest BCUT2D eigenvalue weighted by atomic mass is 9.76. The summed E-state index contributed by atoms with van der Waals surface area (Å²) in [6.45, 7) is 3.49. The summed E-state index contributed by atoms with van der Waals surface area (Å²) in [5.74, 6) is -0.412. The third-order valence-corrected chi connectivity index (χ3v) is 6.24. The van der Waals surface area contributed by atoms with Crippen LogP contribution in [0, 0.1) is 5.92 Å². The Labute approximate surface area is 169 Å². The number of likely N-dealkylation sites (tertiary alicyclic amines) is 1. The monoisotopic (exact) mass is 410 g/mol. The molecule has 0 aromatic heterocycles. The summed E-state index contributed by atoms with van der Waals surface area (Å²) in [4.78, 5) is 27.7. The number of nitrogens with one attached hydrogen (secondary N) is 1. The highest BCUT2D eigenvalue weighted by atomic mass is 19.4. The van der Waals surface area contributed by atoms with Crippen molar-refractivity contribution < 1.29 is 22.8 Å². The smallest absolute Gasteiger partial charge is 0.356 e. The number of nitrogens with zero attached hydrogens (tertiary/aromatic N) is 1. The number of halogens is 3. The molecule has 2 amide bonds. The molecule has 1 atom stereocenters. The van der Waals surface area contributed by atoms with Crippen molar-refractivity contribution in [2.45, 2.75) is 63.5 Å². The first-order valence-corrected chi connectivity index (χ1v) is 10.5. The Morgan fingerprint density at radius 3 is 2.59 bits per heavy atom. The lowest BCUT2D eigenvalue weighted by Crippen LogP contribution is -2.51. The second-order valence-electron chi connectivity index (χ2n) is 8.25. The van der Waals surface area contributed by atoms with E-state index in [2.05, 4.69) is 5.32 Å². The van der Waals surface area contributed by atoms with Crippen molar-refractivity contribution >= 4 is 11.8 Å². The summed E-state index contributed by atoms with van der Waals surface area (Å²) in [6, 6.07) is 5.22. The summed E-state index contributed by atoms with van der Waals surface area (Å²) in [7, 11) is 0. The van der Waals surface area contributed by atoms with Gasteiger partial charge in [0.05, 0.1) is 16.9 Å². The molecule has 0 radical (unpaired) electrons. The molecular formula is C22H29F3N2O2. The molecule has 3 rings (SSSR count). The molecule has 1 aliphatic heterocycles. The SMILES string of the molecule is CCCNC(=O)C1CCCN(C(=O)C2(c3cccc(C(F)(F)F)c3)CCCC2)C1. The Kier molecular flexibility index (Phi) is 6.54. The van der Waals surface area contributed by atoms with Crippen molar-refractivity contribution in [2.75, 3.05) is 19.6 Å². The Hall–Kier alpha value is -2.05. The van der Waals surface area contributed by atoms with E-state index in [0.717, 1.165) is 44.2 Å². The van der Waals surface area contributed by atoms with Gasteiger partial charge in [-0.25, -0.2) is 0 Å². The highest BCUT2D eigenvalue weighted by Crippen LogP contribution is 2.44. The maximum atomic E-state index is 13.6. The Bertz CT molecular complexity index is 742. The van der Waals surface area contributed by atoms with Gasteiger partial charge in [0, 0.05) is 19.6 Å². The van der Waals surface area contributed by atoms with Crippen LogP contribution in [0.1, 0.15) is 63.0 Å². The second kappa shape index (κ2) is 8.76. The van der Waals surface area contributed by atoms with Crippen LogP contribution in [-0.2, 0) is 21.2 Å². The van der Waals surface area contributed by atoms with Crippen molar-refractivity contribution in [3.63, 3.8) is 0 Å². The van der Waals surface area contributed by atoms with Crippen LogP contribution in [0.2, 0.25) is 0 Å². The summed E-state index contributed by atoms with van der Waals surface area (Å²) in [6.07, 6.45) is 0.607. The fraction of sp³-hybridized carbons (Fsp3) is 0.636. The van der Waals surface area contributed by atoms with E-state index in [9.17, 15) is 22.8 Å². The number of hydrogen-bond acceptors (Lipinski definition) is 2. The van der Waals surface area contributed by atoms with E-state index in [1.54, 1.807) is 11.0 Å². The Morgan fingerprint density at radius 1 is 1.21 bits per heavy atom. The molecule has 0 spiro atoms. The zero-order valence-corrected chi connectivity index (χ0v) is 16.9. The first-order valence-electron chi connectivity index (χ1n) is 10.5. The molecule has 2 fully saturated rings. The van der Waals surface area contributed by atoms with Crippen LogP contribution in [0.25, 0.3) is 0 Å². The standard InChI is InChI=1S/C22H29F3N2O2/c1-2-12-26-19(28)16-7-6-13-27(15-16)20(29)21(10-3-4-11-21)17-8-5-9-18(14-17)22(23,24)25/h5,8-9,14,16H,2-4,6-7,10-13,15H2,1H3,(H,26,28). The maximum Gasteiger partial charge on any atom is 0.416 e. The molecule has 1 heterocycles. The fourth-order valence-corrected chi connectivity index (χ4v) is 4.67. The third-order valence-electron chi connectivity index (χ3n) is 6.24. The van der Waals surface area contributed by atoms with Gasteiger partial charge in [-0.3, -0.25) is 9.59 Å². The van der Waals surface area contributed by atoms with Gasteiger partial charge in [-0.2, -0.15) is 13.2 Å². The molecule has 0 bridgehead atoms. The number of carbonyl (C=O) groups is 2. The average Bonchev–Trinajstić information content (AvgIpc) is 3.22. The fourth-order valence-electron chi connectivity index (χ4n) is 4.67. The van der Waals surface area contributed by atoms with Gasteiger partial charge in [0.15, 0.2) is 0 Å². The summed E-state index contributed by atoms with van der Waals surface area (Å²) in [5, 5.41) is 2.89. The van der Waals surface area contributed by atoms with E-state index in [4.69, 9.17) is 0 Å². The predicted octanol–water partition coefficient (Wildman–Crippen LogP) is 4.28. The normalized spacial score (nSPS) is 21.8. The Morgan fingerprint density at radius 2 is 1.93 bits per heavy atom. The van der Waals surface area contributed by atoms with Crippen LogP contribution in [0.4, 0.5) is 13.2 Å². The van der Waals surface area contributed by atoms with E-state index in [1.807, 2.05) is 6.92 Å². The van der Waals surface area contributed by atoms with Gasteiger partial charge in [0.1, 0.15) is 0 Å². The van der Waals surface area contributed by atoms with Gasteiger partial charge in [-0.15, -0.1) is 0 Å². The van der Waals surface area contributed by atoms with E-state index < -0.39 is 17.2 Å². The molecule has 4 nitrogen and oxygen atoms in total. The van der Waals surface area contributed by atoms with Crippen molar-refractivity contribution in [3.8, 4) is 0 Å². The van der Waals surface area contributed by atoms with E-state index >= 15 is 0 Å². The average molecular weight is 410 g/mol. The summed E-state index contributed by atoms with van der Waals surface area (Å²) in [5.41, 5.74) is -1.18. The quantitative estimate of drug-likeness (QED) is 0.788. The van der Waals surface area contributed by atoms with E-state index in [-0.39, 0.29) is 17.7 Å². The predicted molar refractivity (Wildman–Crippen MR) is 104 cm³/mol. The molecule has 1 saturated heterocycles. The van der Waals surface area contributed by atoms with Crippen LogP contribution in [0.15, 0.2) is 24.3 Å². The van der Waals surface area contributed by atoms with Crippen molar-refractivity contribution in [1.29, 1.82) is 0 Å². The molecule has 160 valence electrons. The van der Waals surface area contributed by atoms with Gasteiger partial charge in [0.2, 0.25) is 11.8 Å². The minimum absolute atomic E-state index is 0.0381. The van der Waals surface area contributed by atoms with E-state index in [1.165, 1.54) is 6.07 Å². The molecule has 7 heteroatoms. The minimum Gasteiger partial charge on any atom is -0.356 e. The van der Waals surface area contributed by atoms with Crippen LogP contribution in [0.5, 0.6) is 0 Å². The minimum atomic E-state index is -4.44. The van der Waals surface area contributed by atoms with Crippen molar-refractivity contribution in [2.24, 2.45) is 5.92 Å². The van der Waals surface area contributed by atoms with Gasteiger partial charge in [-0.05, 0) is 43.7 Å². The molecule has 2 aliphatic rings. The van der Waals surface area contributed by atoms with Gasteiger partial charge in [0.25, 0.3) is 0 Å². The number of amides is 2. The third kappa shape index (κ3) is 4.59. The van der Waals surface area contributed by atoms with Crippen LogP contribution in [-0.4, -0.2) is 36.3 Å². The number of hydrogen-bond donors (Lipinski definition) is 1. The number of rotatable bonds is 5. The van der Waals surface area contributed by atoms with Crippen LogP contribution < -0.4 is 5.32 Å². The molecule has 1 saturated carbocycles. The highest BCUT2D eigenvalue weighted by Gasteiger charge is 2.47. The molecule has 1 aliphatic carbocycles. The van der Waals surface area contributed by atoms with Crippen molar-refractivity contribution in [1.82, 2.24) is 10.2 Å².